The number of nitrogens with zero attached hydrogens (tertiary/aromatic N) is 5. The first-order valence-electron chi connectivity index (χ1n) is 10.5. The molecule has 3 heterocycles. The highest BCUT2D eigenvalue weighted by Crippen LogP contribution is 2.21. The first kappa shape index (κ1) is 19.2. The Bertz CT molecular complexity index is 1180. The number of rotatable bonds is 4. The number of carbonyl (C=O) groups is 1. The van der Waals surface area contributed by atoms with Gasteiger partial charge in [0.15, 0.2) is 5.82 Å². The molecule has 31 heavy (non-hydrogen) atoms. The third-order valence-corrected chi connectivity index (χ3v) is 5.76. The zero-order chi connectivity index (χ0) is 21.0. The van der Waals surface area contributed by atoms with Crippen LogP contribution >= 0.6 is 0 Å². The predicted molar refractivity (Wildman–Crippen MR) is 122 cm³/mol. The van der Waals surface area contributed by atoms with Gasteiger partial charge in [0.1, 0.15) is 5.69 Å². The third kappa shape index (κ3) is 4.10. The summed E-state index contributed by atoms with van der Waals surface area (Å²) in [6.45, 7) is 2.87. The van der Waals surface area contributed by atoms with Crippen LogP contribution in [0.25, 0.3) is 22.2 Å². The van der Waals surface area contributed by atoms with Gasteiger partial charge < -0.3 is 9.80 Å². The van der Waals surface area contributed by atoms with Crippen molar-refractivity contribution in [3.63, 3.8) is 0 Å². The van der Waals surface area contributed by atoms with Gasteiger partial charge in [-0.25, -0.2) is 0 Å². The topological polar surface area (TPSA) is 62.2 Å². The molecule has 1 aliphatic heterocycles. The van der Waals surface area contributed by atoms with E-state index in [1.807, 2.05) is 53.4 Å². The second-order valence-corrected chi connectivity index (χ2v) is 7.67. The molecule has 1 aliphatic rings. The Morgan fingerprint density at radius 2 is 1.58 bits per heavy atom. The van der Waals surface area contributed by atoms with E-state index in [2.05, 4.69) is 44.3 Å². The maximum atomic E-state index is 12.9. The van der Waals surface area contributed by atoms with Crippen LogP contribution in [-0.4, -0.2) is 52.2 Å². The molecular formula is C25H23N5O. The minimum absolute atomic E-state index is 0.174. The molecule has 0 radical (unpaired) electrons. The number of carbonyl (C=O) groups excluding carboxylic acids is 1. The van der Waals surface area contributed by atoms with Crippen molar-refractivity contribution >= 4 is 22.5 Å². The summed E-state index contributed by atoms with van der Waals surface area (Å²) in [5.74, 6) is 1.01. The zero-order valence-electron chi connectivity index (χ0n) is 17.2. The summed E-state index contributed by atoms with van der Waals surface area (Å²) in [5.41, 5.74) is 2.65. The molecule has 0 aliphatic carbocycles. The fraction of sp³-hybridized carbons (Fsp3) is 0.200. The molecule has 0 spiro atoms. The van der Waals surface area contributed by atoms with Crippen LogP contribution < -0.4 is 4.90 Å². The van der Waals surface area contributed by atoms with Crippen LogP contribution in [0, 0.1) is 0 Å². The van der Waals surface area contributed by atoms with E-state index in [9.17, 15) is 4.79 Å². The van der Waals surface area contributed by atoms with E-state index in [1.54, 1.807) is 6.20 Å². The molecule has 2 aromatic carbocycles. The molecule has 1 fully saturated rings. The van der Waals surface area contributed by atoms with Crippen LogP contribution in [0.1, 0.15) is 5.56 Å². The van der Waals surface area contributed by atoms with Gasteiger partial charge in [0.05, 0.1) is 12.1 Å². The van der Waals surface area contributed by atoms with Crippen molar-refractivity contribution in [2.75, 3.05) is 31.1 Å². The minimum atomic E-state index is 0.174. The number of piperazine rings is 1. The van der Waals surface area contributed by atoms with Gasteiger partial charge in [-0.2, -0.15) is 0 Å². The summed E-state index contributed by atoms with van der Waals surface area (Å²) in [6.07, 6.45) is 2.18. The maximum absolute atomic E-state index is 12.9. The van der Waals surface area contributed by atoms with Crippen molar-refractivity contribution in [2.24, 2.45) is 0 Å². The average molecular weight is 409 g/mol. The van der Waals surface area contributed by atoms with Gasteiger partial charge in [0.25, 0.3) is 0 Å². The molecule has 0 saturated carbocycles. The average Bonchev–Trinajstić information content (AvgIpc) is 2.85. The molecule has 2 aromatic heterocycles. The van der Waals surface area contributed by atoms with Gasteiger partial charge in [-0.15, -0.1) is 10.2 Å². The molecular weight excluding hydrogens is 386 g/mol. The number of benzene rings is 2. The van der Waals surface area contributed by atoms with Gasteiger partial charge in [-0.1, -0.05) is 48.5 Å². The highest BCUT2D eigenvalue weighted by atomic mass is 16.2. The van der Waals surface area contributed by atoms with Crippen LogP contribution in [-0.2, 0) is 11.2 Å². The summed E-state index contributed by atoms with van der Waals surface area (Å²) in [6, 6.07) is 24.0. The smallest absolute Gasteiger partial charge is 0.227 e. The van der Waals surface area contributed by atoms with Gasteiger partial charge in [-0.05, 0) is 40.6 Å². The molecule has 5 rings (SSSR count). The molecule has 6 nitrogen and oxygen atoms in total. The lowest BCUT2D eigenvalue weighted by Crippen LogP contribution is -2.49. The molecule has 1 saturated heterocycles. The predicted octanol–water partition coefficient (Wildman–Crippen LogP) is 3.58. The molecule has 0 atom stereocenters. The standard InChI is InChI=1S/C25H23N5O/c31-25(18-20-8-5-7-19-6-1-2-9-21(19)20)30-16-14-29(15-17-30)24-12-11-23(27-28-24)22-10-3-4-13-26-22/h1-13H,14-18H2. The number of hydrogen-bond acceptors (Lipinski definition) is 5. The van der Waals surface area contributed by atoms with E-state index in [1.165, 1.54) is 5.39 Å². The van der Waals surface area contributed by atoms with Crippen molar-refractivity contribution in [3.8, 4) is 11.4 Å². The number of anilines is 1. The number of fused-ring (bicyclic) bond motifs is 1. The minimum Gasteiger partial charge on any atom is -0.352 e. The van der Waals surface area contributed by atoms with Crippen molar-refractivity contribution in [2.45, 2.75) is 6.42 Å². The number of pyridine rings is 1. The zero-order valence-corrected chi connectivity index (χ0v) is 17.2. The van der Waals surface area contributed by atoms with Gasteiger partial charge in [0.2, 0.25) is 5.91 Å². The van der Waals surface area contributed by atoms with E-state index >= 15 is 0 Å². The van der Waals surface area contributed by atoms with Crippen LogP contribution in [0.15, 0.2) is 79.0 Å². The Hall–Kier alpha value is -3.80. The molecule has 0 unspecified atom stereocenters. The monoisotopic (exact) mass is 409 g/mol. The Morgan fingerprint density at radius 3 is 2.35 bits per heavy atom. The van der Waals surface area contributed by atoms with E-state index in [-0.39, 0.29) is 5.91 Å². The lowest BCUT2D eigenvalue weighted by molar-refractivity contribution is -0.130. The molecule has 4 aromatic rings. The Morgan fingerprint density at radius 1 is 0.774 bits per heavy atom. The largest absolute Gasteiger partial charge is 0.352 e. The molecule has 6 heteroatoms. The van der Waals surface area contributed by atoms with E-state index < -0.39 is 0 Å². The fourth-order valence-corrected chi connectivity index (χ4v) is 4.05. The summed E-state index contributed by atoms with van der Waals surface area (Å²) in [4.78, 5) is 21.4. The fourth-order valence-electron chi connectivity index (χ4n) is 4.05. The highest BCUT2D eigenvalue weighted by molar-refractivity contribution is 5.90. The second kappa shape index (κ2) is 8.52. The lowest BCUT2D eigenvalue weighted by Gasteiger charge is -2.35. The molecule has 0 N–H and O–H groups in total. The Kier molecular flexibility index (Phi) is 5.27. The second-order valence-electron chi connectivity index (χ2n) is 7.67. The molecule has 0 bridgehead atoms. The third-order valence-electron chi connectivity index (χ3n) is 5.76. The number of amides is 1. The number of hydrogen-bond donors (Lipinski definition) is 0. The summed E-state index contributed by atoms with van der Waals surface area (Å²) >= 11 is 0. The van der Waals surface area contributed by atoms with Gasteiger partial charge in [0, 0.05) is 32.4 Å². The summed E-state index contributed by atoms with van der Waals surface area (Å²) in [5, 5.41) is 11.0. The van der Waals surface area contributed by atoms with E-state index in [4.69, 9.17) is 0 Å². The van der Waals surface area contributed by atoms with Crippen LogP contribution in [0.4, 0.5) is 5.82 Å². The summed E-state index contributed by atoms with van der Waals surface area (Å²) in [7, 11) is 0. The highest BCUT2D eigenvalue weighted by Gasteiger charge is 2.22. The Balaban J connectivity index is 1.21. The SMILES string of the molecule is O=C(Cc1cccc2ccccc12)N1CCN(c2ccc(-c3ccccn3)nn2)CC1. The molecule has 1 amide bonds. The van der Waals surface area contributed by atoms with Crippen molar-refractivity contribution < 1.29 is 4.79 Å². The van der Waals surface area contributed by atoms with Crippen molar-refractivity contribution in [1.82, 2.24) is 20.1 Å². The number of aromatic nitrogens is 3. The van der Waals surface area contributed by atoms with Gasteiger partial charge >= 0.3 is 0 Å². The van der Waals surface area contributed by atoms with Crippen molar-refractivity contribution in [1.29, 1.82) is 0 Å². The van der Waals surface area contributed by atoms with Crippen LogP contribution in [0.5, 0.6) is 0 Å². The Labute approximate surface area is 181 Å². The van der Waals surface area contributed by atoms with Crippen LogP contribution in [0.2, 0.25) is 0 Å². The van der Waals surface area contributed by atoms with Crippen LogP contribution in [0.3, 0.4) is 0 Å². The molecule has 154 valence electrons. The first-order valence-corrected chi connectivity index (χ1v) is 10.5. The maximum Gasteiger partial charge on any atom is 0.227 e. The first-order chi connectivity index (χ1) is 15.3. The lowest BCUT2D eigenvalue weighted by atomic mass is 10.0. The van der Waals surface area contributed by atoms with Crippen molar-refractivity contribution in [3.05, 3.63) is 84.6 Å². The normalized spacial score (nSPS) is 14.1. The van der Waals surface area contributed by atoms with E-state index in [0.29, 0.717) is 19.5 Å². The summed E-state index contributed by atoms with van der Waals surface area (Å²) < 4.78 is 0. The van der Waals surface area contributed by atoms with Gasteiger partial charge in [-0.3, -0.25) is 9.78 Å². The quantitative estimate of drug-likeness (QED) is 0.516. The van der Waals surface area contributed by atoms with E-state index in [0.717, 1.165) is 41.2 Å².